The lowest BCUT2D eigenvalue weighted by Crippen LogP contribution is -2.50. The Morgan fingerprint density at radius 1 is 1.36 bits per heavy atom. The van der Waals surface area contributed by atoms with Gasteiger partial charge >= 0.3 is 0 Å². The van der Waals surface area contributed by atoms with Crippen LogP contribution in [0, 0.1) is 11.7 Å². The fraction of sp³-hybridized carbons (Fsp3) is 0.588. The number of nitrogens with one attached hydrogen (secondary N) is 1. The molecule has 0 saturated carbocycles. The summed E-state index contributed by atoms with van der Waals surface area (Å²) in [5, 5.41) is 3.59. The summed E-state index contributed by atoms with van der Waals surface area (Å²) in [6.07, 6.45) is 4.57. The van der Waals surface area contributed by atoms with Crippen LogP contribution < -0.4 is 10.1 Å². The molecule has 0 aliphatic carbocycles. The number of piperidine rings is 1. The summed E-state index contributed by atoms with van der Waals surface area (Å²) in [4.78, 5) is 14.5. The minimum absolute atomic E-state index is 0.0794. The van der Waals surface area contributed by atoms with Crippen molar-refractivity contribution in [3.05, 3.63) is 29.6 Å². The zero-order chi connectivity index (χ0) is 15.5. The predicted molar refractivity (Wildman–Crippen MR) is 82.6 cm³/mol. The second-order valence-corrected chi connectivity index (χ2v) is 6.21. The third kappa shape index (κ3) is 3.09. The van der Waals surface area contributed by atoms with Crippen LogP contribution in [-0.4, -0.2) is 43.6 Å². The van der Waals surface area contributed by atoms with Crippen molar-refractivity contribution in [2.45, 2.75) is 31.7 Å². The van der Waals surface area contributed by atoms with Crippen molar-refractivity contribution in [3.63, 3.8) is 0 Å². The number of amides is 1. The highest BCUT2D eigenvalue weighted by molar-refractivity contribution is 5.94. The molecule has 2 heterocycles. The molecule has 22 heavy (non-hydrogen) atoms. The molecule has 1 aromatic rings. The molecule has 4 nitrogen and oxygen atoms in total. The highest BCUT2D eigenvalue weighted by Gasteiger charge is 2.32. The van der Waals surface area contributed by atoms with Gasteiger partial charge in [-0.15, -0.1) is 0 Å². The number of hydrogen-bond acceptors (Lipinski definition) is 3. The molecule has 2 atom stereocenters. The third-order valence-corrected chi connectivity index (χ3v) is 4.83. The van der Waals surface area contributed by atoms with Crippen LogP contribution in [0.2, 0.25) is 0 Å². The van der Waals surface area contributed by atoms with Gasteiger partial charge in [0.05, 0.1) is 7.11 Å². The lowest BCUT2D eigenvalue weighted by Gasteiger charge is -2.38. The van der Waals surface area contributed by atoms with E-state index in [1.807, 2.05) is 4.90 Å². The normalized spacial score (nSPS) is 25.3. The molecule has 5 heteroatoms. The maximum absolute atomic E-state index is 13.8. The Kier molecular flexibility index (Phi) is 4.62. The predicted octanol–water partition coefficient (Wildman–Crippen LogP) is 2.44. The van der Waals surface area contributed by atoms with Crippen LogP contribution in [0.1, 0.15) is 36.0 Å². The van der Waals surface area contributed by atoms with E-state index in [-0.39, 0.29) is 11.7 Å². The van der Waals surface area contributed by atoms with E-state index in [9.17, 15) is 9.18 Å². The van der Waals surface area contributed by atoms with Crippen LogP contribution in [0.15, 0.2) is 18.2 Å². The van der Waals surface area contributed by atoms with Crippen molar-refractivity contribution in [3.8, 4) is 5.75 Å². The van der Waals surface area contributed by atoms with Crippen LogP contribution in [0.5, 0.6) is 5.75 Å². The second kappa shape index (κ2) is 6.65. The Labute approximate surface area is 130 Å². The largest absolute Gasteiger partial charge is 0.494 e. The number of benzene rings is 1. The van der Waals surface area contributed by atoms with Gasteiger partial charge in [-0.25, -0.2) is 4.39 Å². The summed E-state index contributed by atoms with van der Waals surface area (Å²) < 4.78 is 18.7. The number of fused-ring (bicyclic) bond motifs is 1. The number of hydrogen-bond donors (Lipinski definition) is 1. The molecular formula is C17H23FN2O2. The maximum atomic E-state index is 13.8. The van der Waals surface area contributed by atoms with Crippen LogP contribution >= 0.6 is 0 Å². The first-order valence-corrected chi connectivity index (χ1v) is 8.05. The van der Waals surface area contributed by atoms with Gasteiger partial charge in [0.25, 0.3) is 5.91 Å². The lowest BCUT2D eigenvalue weighted by molar-refractivity contribution is 0.0631. The monoisotopic (exact) mass is 306 g/mol. The Bertz CT molecular complexity index is 549. The average Bonchev–Trinajstić information content (AvgIpc) is 2.78. The average molecular weight is 306 g/mol. The number of carbonyl (C=O) groups is 1. The maximum Gasteiger partial charge on any atom is 0.253 e. The number of ether oxygens (including phenoxy) is 1. The molecule has 0 aromatic heterocycles. The highest BCUT2D eigenvalue weighted by Crippen LogP contribution is 2.26. The zero-order valence-corrected chi connectivity index (χ0v) is 13.0. The van der Waals surface area contributed by atoms with Gasteiger partial charge in [-0.2, -0.15) is 0 Å². The first kappa shape index (κ1) is 15.3. The van der Waals surface area contributed by atoms with Crippen molar-refractivity contribution in [1.82, 2.24) is 10.2 Å². The fourth-order valence-corrected chi connectivity index (χ4v) is 3.58. The Balaban J connectivity index is 1.71. The molecular weight excluding hydrogens is 283 g/mol. The topological polar surface area (TPSA) is 41.6 Å². The van der Waals surface area contributed by atoms with Crippen molar-refractivity contribution in [2.24, 2.45) is 5.92 Å². The number of halogens is 1. The Hall–Kier alpha value is -1.62. The number of rotatable bonds is 2. The standard InChI is InChI=1S/C17H23FN2O2/c1-22-16-6-5-12(10-14(16)18)17(21)20-9-7-15-13(11-20)4-2-3-8-19-15/h5-6,10,13,15,19H,2-4,7-9,11H2,1H3/t13-,15+/m0/s1. The molecule has 1 N–H and O–H groups in total. The van der Waals surface area contributed by atoms with Gasteiger partial charge in [0.2, 0.25) is 0 Å². The van der Waals surface area contributed by atoms with E-state index in [0.717, 1.165) is 26.1 Å². The molecule has 120 valence electrons. The quantitative estimate of drug-likeness (QED) is 0.912. The third-order valence-electron chi connectivity index (χ3n) is 4.83. The van der Waals surface area contributed by atoms with Gasteiger partial charge in [-0.1, -0.05) is 6.42 Å². The molecule has 2 aliphatic heterocycles. The number of likely N-dealkylation sites (tertiary alicyclic amines) is 1. The van der Waals surface area contributed by atoms with E-state index in [2.05, 4.69) is 5.32 Å². The summed E-state index contributed by atoms with van der Waals surface area (Å²) >= 11 is 0. The first-order chi connectivity index (χ1) is 10.7. The fourth-order valence-electron chi connectivity index (χ4n) is 3.58. The molecule has 1 aromatic carbocycles. The van der Waals surface area contributed by atoms with E-state index in [0.29, 0.717) is 17.5 Å². The van der Waals surface area contributed by atoms with Crippen LogP contribution in [-0.2, 0) is 0 Å². The van der Waals surface area contributed by atoms with E-state index in [4.69, 9.17) is 4.74 Å². The van der Waals surface area contributed by atoms with E-state index < -0.39 is 5.82 Å². The molecule has 2 saturated heterocycles. The number of nitrogens with zero attached hydrogens (tertiary/aromatic N) is 1. The molecule has 2 fully saturated rings. The number of methoxy groups -OCH3 is 1. The smallest absolute Gasteiger partial charge is 0.253 e. The Morgan fingerprint density at radius 3 is 3.00 bits per heavy atom. The van der Waals surface area contributed by atoms with Crippen LogP contribution in [0.25, 0.3) is 0 Å². The van der Waals surface area contributed by atoms with Crippen molar-refractivity contribution < 1.29 is 13.9 Å². The summed E-state index contributed by atoms with van der Waals surface area (Å²) in [5.74, 6) is 0.121. The molecule has 0 unspecified atom stereocenters. The molecule has 3 rings (SSSR count). The first-order valence-electron chi connectivity index (χ1n) is 8.05. The van der Waals surface area contributed by atoms with Gasteiger partial charge in [0, 0.05) is 24.7 Å². The molecule has 0 spiro atoms. The van der Waals surface area contributed by atoms with E-state index in [1.165, 1.54) is 38.5 Å². The van der Waals surface area contributed by atoms with E-state index in [1.54, 1.807) is 6.07 Å². The summed E-state index contributed by atoms with van der Waals surface area (Å²) in [7, 11) is 1.42. The van der Waals surface area contributed by atoms with Crippen molar-refractivity contribution in [1.29, 1.82) is 0 Å². The van der Waals surface area contributed by atoms with Crippen LogP contribution in [0.4, 0.5) is 4.39 Å². The Morgan fingerprint density at radius 2 is 2.23 bits per heavy atom. The SMILES string of the molecule is COc1ccc(C(=O)N2CC[C@H]3NCCCC[C@H]3C2)cc1F. The van der Waals surface area contributed by atoms with Gasteiger partial charge in [0.1, 0.15) is 0 Å². The van der Waals surface area contributed by atoms with Crippen molar-refractivity contribution >= 4 is 5.91 Å². The van der Waals surface area contributed by atoms with E-state index >= 15 is 0 Å². The number of carbonyl (C=O) groups excluding carboxylic acids is 1. The van der Waals surface area contributed by atoms with Gasteiger partial charge in [-0.3, -0.25) is 4.79 Å². The molecule has 2 aliphatic rings. The highest BCUT2D eigenvalue weighted by atomic mass is 19.1. The molecule has 0 radical (unpaired) electrons. The zero-order valence-electron chi connectivity index (χ0n) is 13.0. The molecule has 0 bridgehead atoms. The minimum atomic E-state index is -0.487. The summed E-state index contributed by atoms with van der Waals surface area (Å²) in [6, 6.07) is 4.96. The minimum Gasteiger partial charge on any atom is -0.494 e. The summed E-state index contributed by atoms with van der Waals surface area (Å²) in [5.41, 5.74) is 0.401. The van der Waals surface area contributed by atoms with Gasteiger partial charge in [-0.05, 0) is 49.9 Å². The lowest BCUT2D eigenvalue weighted by atomic mass is 9.89. The summed E-state index contributed by atoms with van der Waals surface area (Å²) in [6.45, 7) is 2.59. The van der Waals surface area contributed by atoms with Gasteiger partial charge in [0.15, 0.2) is 11.6 Å². The van der Waals surface area contributed by atoms with Crippen molar-refractivity contribution in [2.75, 3.05) is 26.7 Å². The second-order valence-electron chi connectivity index (χ2n) is 6.21. The van der Waals surface area contributed by atoms with Crippen LogP contribution in [0.3, 0.4) is 0 Å². The molecule has 1 amide bonds. The van der Waals surface area contributed by atoms with Gasteiger partial charge < -0.3 is 15.0 Å².